The summed E-state index contributed by atoms with van der Waals surface area (Å²) in [6.45, 7) is 0. The molecule has 0 radical (unpaired) electrons. The van der Waals surface area contributed by atoms with E-state index in [0.717, 1.165) is 40.7 Å². The van der Waals surface area contributed by atoms with Crippen LogP contribution in [0.2, 0.25) is 0 Å². The highest BCUT2D eigenvalue weighted by atomic mass is 32.2. The first-order valence-corrected chi connectivity index (χ1v) is 11.0. The van der Waals surface area contributed by atoms with Crippen molar-refractivity contribution < 1.29 is 4.39 Å². The van der Waals surface area contributed by atoms with Gasteiger partial charge in [-0.2, -0.15) is 0 Å². The smallest absolute Gasteiger partial charge is 0.267 e. The fourth-order valence-electron chi connectivity index (χ4n) is 3.65. The standard InChI is InChI=1S/C22H17FN2OS2/c23-15-11-9-14(10-12-15)13-27-22-24-20-19(17-7-4-8-18(17)28-20)21(26)25(22)16-5-2-1-3-6-16/h1-3,5-6,9-12H,4,7-8,13H2. The summed E-state index contributed by atoms with van der Waals surface area (Å²) in [5, 5.41) is 1.46. The molecule has 2 aromatic carbocycles. The minimum absolute atomic E-state index is 0.0113. The molecule has 0 amide bonds. The van der Waals surface area contributed by atoms with Crippen LogP contribution in [0.1, 0.15) is 22.4 Å². The Morgan fingerprint density at radius 1 is 1.07 bits per heavy atom. The summed E-state index contributed by atoms with van der Waals surface area (Å²) in [6.07, 6.45) is 3.12. The Morgan fingerprint density at radius 3 is 2.64 bits per heavy atom. The summed E-state index contributed by atoms with van der Waals surface area (Å²) in [5.41, 5.74) is 3.02. The number of halogens is 1. The highest BCUT2D eigenvalue weighted by Crippen LogP contribution is 2.36. The lowest BCUT2D eigenvalue weighted by Gasteiger charge is -2.12. The van der Waals surface area contributed by atoms with Crippen LogP contribution in [0.4, 0.5) is 4.39 Å². The Hall–Kier alpha value is -2.44. The van der Waals surface area contributed by atoms with Crippen molar-refractivity contribution in [3.63, 3.8) is 0 Å². The van der Waals surface area contributed by atoms with Crippen LogP contribution in [-0.4, -0.2) is 9.55 Å². The number of hydrogen-bond acceptors (Lipinski definition) is 4. The molecule has 0 spiro atoms. The minimum Gasteiger partial charge on any atom is -0.268 e. The average Bonchev–Trinajstić information content (AvgIpc) is 3.29. The molecular weight excluding hydrogens is 391 g/mol. The van der Waals surface area contributed by atoms with Gasteiger partial charge in [-0.3, -0.25) is 9.36 Å². The third kappa shape index (κ3) is 3.06. The molecule has 0 unspecified atom stereocenters. The number of thioether (sulfide) groups is 1. The van der Waals surface area contributed by atoms with Gasteiger partial charge >= 0.3 is 0 Å². The lowest BCUT2D eigenvalue weighted by Crippen LogP contribution is -2.21. The van der Waals surface area contributed by atoms with Gasteiger partial charge < -0.3 is 0 Å². The summed E-state index contributed by atoms with van der Waals surface area (Å²) in [5.74, 6) is 0.374. The van der Waals surface area contributed by atoms with Gasteiger partial charge in [0.25, 0.3) is 5.56 Å². The van der Waals surface area contributed by atoms with Crippen molar-refractivity contribution in [3.05, 3.63) is 86.8 Å². The van der Waals surface area contributed by atoms with Crippen LogP contribution >= 0.6 is 23.1 Å². The second-order valence-corrected chi connectivity index (χ2v) is 8.85. The second-order valence-electron chi connectivity index (χ2n) is 6.82. The number of benzene rings is 2. The largest absolute Gasteiger partial charge is 0.268 e. The minimum atomic E-state index is -0.248. The molecule has 2 aromatic heterocycles. The summed E-state index contributed by atoms with van der Waals surface area (Å²) in [7, 11) is 0. The Morgan fingerprint density at radius 2 is 1.86 bits per heavy atom. The van der Waals surface area contributed by atoms with E-state index in [1.54, 1.807) is 28.0 Å². The van der Waals surface area contributed by atoms with Gasteiger partial charge in [-0.1, -0.05) is 42.1 Å². The topological polar surface area (TPSA) is 34.9 Å². The molecule has 1 aliphatic carbocycles. The number of para-hydroxylation sites is 1. The van der Waals surface area contributed by atoms with E-state index in [2.05, 4.69) is 0 Å². The SMILES string of the molecule is O=c1c2c3c(sc2nc(SCc2ccc(F)cc2)n1-c1ccccc1)CCC3. The maximum atomic E-state index is 13.5. The monoisotopic (exact) mass is 408 g/mol. The molecule has 0 atom stereocenters. The van der Waals surface area contributed by atoms with Gasteiger partial charge in [0, 0.05) is 10.6 Å². The first kappa shape index (κ1) is 17.6. The zero-order chi connectivity index (χ0) is 19.1. The van der Waals surface area contributed by atoms with Crippen LogP contribution < -0.4 is 5.56 Å². The van der Waals surface area contributed by atoms with Crippen molar-refractivity contribution in [1.82, 2.24) is 9.55 Å². The summed E-state index contributed by atoms with van der Waals surface area (Å²) in [6, 6.07) is 16.1. The molecule has 0 N–H and O–H groups in total. The van der Waals surface area contributed by atoms with E-state index < -0.39 is 0 Å². The number of hydrogen-bond donors (Lipinski definition) is 0. The van der Waals surface area contributed by atoms with Crippen LogP contribution in [0.25, 0.3) is 15.9 Å². The highest BCUT2D eigenvalue weighted by Gasteiger charge is 2.23. The van der Waals surface area contributed by atoms with E-state index >= 15 is 0 Å². The van der Waals surface area contributed by atoms with Crippen LogP contribution in [0.5, 0.6) is 0 Å². The normalized spacial score (nSPS) is 13.2. The molecule has 140 valence electrons. The van der Waals surface area contributed by atoms with Crippen molar-refractivity contribution in [2.24, 2.45) is 0 Å². The van der Waals surface area contributed by atoms with Crippen LogP contribution in [0.15, 0.2) is 64.5 Å². The molecule has 5 rings (SSSR count). The Kier molecular flexibility index (Phi) is 4.53. The van der Waals surface area contributed by atoms with Gasteiger partial charge in [0.05, 0.1) is 11.1 Å². The third-order valence-corrected chi connectivity index (χ3v) is 7.20. The van der Waals surface area contributed by atoms with Gasteiger partial charge in [-0.05, 0) is 54.7 Å². The maximum absolute atomic E-state index is 13.5. The molecule has 4 aromatic rings. The van der Waals surface area contributed by atoms with Crippen molar-refractivity contribution in [2.75, 3.05) is 0 Å². The Labute approximate surface area is 169 Å². The van der Waals surface area contributed by atoms with Crippen molar-refractivity contribution >= 4 is 33.3 Å². The van der Waals surface area contributed by atoms with Crippen molar-refractivity contribution in [2.45, 2.75) is 30.2 Å². The van der Waals surface area contributed by atoms with E-state index in [1.807, 2.05) is 30.3 Å². The lowest BCUT2D eigenvalue weighted by atomic mass is 10.2. The molecule has 0 aliphatic heterocycles. The van der Waals surface area contributed by atoms with Crippen LogP contribution in [-0.2, 0) is 18.6 Å². The van der Waals surface area contributed by atoms with E-state index in [0.29, 0.717) is 10.9 Å². The number of fused-ring (bicyclic) bond motifs is 3. The molecule has 1 aliphatic rings. The molecule has 0 fully saturated rings. The highest BCUT2D eigenvalue weighted by molar-refractivity contribution is 7.98. The molecule has 28 heavy (non-hydrogen) atoms. The average molecular weight is 409 g/mol. The van der Waals surface area contributed by atoms with E-state index in [9.17, 15) is 9.18 Å². The van der Waals surface area contributed by atoms with E-state index in [1.165, 1.54) is 34.3 Å². The number of thiophene rings is 1. The van der Waals surface area contributed by atoms with E-state index in [-0.39, 0.29) is 11.4 Å². The fourth-order valence-corrected chi connectivity index (χ4v) is 5.93. The van der Waals surface area contributed by atoms with Gasteiger partial charge in [0.15, 0.2) is 5.16 Å². The van der Waals surface area contributed by atoms with Crippen molar-refractivity contribution in [1.29, 1.82) is 0 Å². The molecule has 0 saturated carbocycles. The quantitative estimate of drug-likeness (QED) is 0.336. The molecule has 6 heteroatoms. The number of aryl methyl sites for hydroxylation is 2. The molecular formula is C22H17FN2OS2. The first-order chi connectivity index (χ1) is 13.7. The van der Waals surface area contributed by atoms with Crippen LogP contribution in [0, 0.1) is 5.82 Å². The summed E-state index contributed by atoms with van der Waals surface area (Å²) in [4.78, 5) is 20.5. The summed E-state index contributed by atoms with van der Waals surface area (Å²) < 4.78 is 14.9. The van der Waals surface area contributed by atoms with Crippen molar-refractivity contribution in [3.8, 4) is 5.69 Å². The van der Waals surface area contributed by atoms with Gasteiger partial charge in [-0.15, -0.1) is 11.3 Å². The number of aromatic nitrogens is 2. The third-order valence-electron chi connectivity index (χ3n) is 5.00. The molecule has 2 heterocycles. The zero-order valence-corrected chi connectivity index (χ0v) is 16.7. The summed E-state index contributed by atoms with van der Waals surface area (Å²) >= 11 is 3.16. The second kappa shape index (κ2) is 7.18. The molecule has 0 saturated heterocycles. The number of nitrogens with zero attached hydrogens (tertiary/aromatic N) is 2. The predicted octanol–water partition coefficient (Wildman–Crippen LogP) is 5.37. The van der Waals surface area contributed by atoms with Gasteiger partial charge in [0.1, 0.15) is 10.6 Å². The number of rotatable bonds is 4. The molecule has 0 bridgehead atoms. The fraction of sp³-hybridized carbons (Fsp3) is 0.182. The van der Waals surface area contributed by atoms with Crippen LogP contribution in [0.3, 0.4) is 0 Å². The Balaban J connectivity index is 1.64. The Bertz CT molecular complexity index is 1210. The van der Waals surface area contributed by atoms with E-state index in [4.69, 9.17) is 4.98 Å². The molecule has 3 nitrogen and oxygen atoms in total. The maximum Gasteiger partial charge on any atom is 0.267 e. The zero-order valence-electron chi connectivity index (χ0n) is 15.0. The van der Waals surface area contributed by atoms with Gasteiger partial charge in [0.2, 0.25) is 0 Å². The predicted molar refractivity (Wildman–Crippen MR) is 113 cm³/mol. The lowest BCUT2D eigenvalue weighted by molar-refractivity contribution is 0.627. The van der Waals surface area contributed by atoms with Gasteiger partial charge in [-0.25, -0.2) is 9.37 Å². The first-order valence-electron chi connectivity index (χ1n) is 9.20.